The molecule has 10 heteroatoms. The molecule has 0 saturated heterocycles. The van der Waals surface area contributed by atoms with Gasteiger partial charge in [-0.05, 0) is 48.9 Å². The smallest absolute Gasteiger partial charge is 0.326 e. The lowest BCUT2D eigenvalue weighted by atomic mass is 10.0. The lowest BCUT2D eigenvalue weighted by Gasteiger charge is -2.17. The molecule has 3 aromatic carbocycles. The minimum Gasteiger partial charge on any atom is -0.493 e. The molecule has 1 atom stereocenters. The Bertz CT molecular complexity index is 1350. The van der Waals surface area contributed by atoms with Crippen LogP contribution in [0.15, 0.2) is 60.7 Å². The molecule has 36 heavy (non-hydrogen) atoms. The molecular weight excluding hydrogens is 507 g/mol. The van der Waals surface area contributed by atoms with Crippen LogP contribution in [0.5, 0.6) is 5.75 Å². The fraction of sp³-hybridized carbons (Fsp3) is 0.154. The summed E-state index contributed by atoms with van der Waals surface area (Å²) in [5.74, 6) is -2.60. The number of rotatable bonds is 8. The average molecular weight is 527 g/mol. The highest BCUT2D eigenvalue weighted by atomic mass is 35.5. The first-order valence-electron chi connectivity index (χ1n) is 10.9. The number of nitrogens with zero attached hydrogens (tertiary/aromatic N) is 1. The van der Waals surface area contributed by atoms with Crippen LogP contribution in [0.1, 0.15) is 43.6 Å². The predicted octanol–water partition coefficient (Wildman–Crippen LogP) is 4.62. The van der Waals surface area contributed by atoms with Crippen LogP contribution in [0.3, 0.4) is 0 Å². The molecule has 1 aliphatic heterocycles. The number of carbonyl (C=O) groups is 4. The lowest BCUT2D eigenvalue weighted by Crippen LogP contribution is -2.42. The van der Waals surface area contributed by atoms with Gasteiger partial charge in [-0.3, -0.25) is 14.4 Å². The van der Waals surface area contributed by atoms with Crippen LogP contribution in [0, 0.1) is 0 Å². The van der Waals surface area contributed by atoms with Gasteiger partial charge in [0.1, 0.15) is 11.8 Å². The summed E-state index contributed by atoms with van der Waals surface area (Å²) < 4.78 is 5.51. The van der Waals surface area contributed by atoms with Crippen molar-refractivity contribution in [3.05, 3.63) is 93.0 Å². The molecule has 3 aromatic rings. The number of anilines is 1. The predicted molar refractivity (Wildman–Crippen MR) is 134 cm³/mol. The highest BCUT2D eigenvalue weighted by Gasteiger charge is 2.39. The molecule has 0 spiro atoms. The standard InChI is InChI=1S/C26H20Cl2N2O6/c1-2-36-20-8-3-5-16-21(20)25(33)30(24(16)32)15-11-9-14(10-12-15)13-19(26(34)35)29-23(31)22-17(27)6-4-7-18(22)28/h3-12,19H,2,13H2,1H3,(H,29,31)(H,34,35). The first-order chi connectivity index (χ1) is 17.2. The number of ether oxygens (including phenoxy) is 1. The normalized spacial score (nSPS) is 13.4. The highest BCUT2D eigenvalue weighted by Crippen LogP contribution is 2.34. The monoisotopic (exact) mass is 526 g/mol. The number of halogens is 2. The van der Waals surface area contributed by atoms with Crippen molar-refractivity contribution in [1.82, 2.24) is 5.32 Å². The van der Waals surface area contributed by atoms with Crippen LogP contribution < -0.4 is 15.0 Å². The molecule has 3 amide bonds. The zero-order chi connectivity index (χ0) is 26.0. The number of fused-ring (bicyclic) bond motifs is 1. The summed E-state index contributed by atoms with van der Waals surface area (Å²) in [4.78, 5) is 51.5. The van der Waals surface area contributed by atoms with Gasteiger partial charge >= 0.3 is 5.97 Å². The SMILES string of the molecule is CCOc1cccc2c1C(=O)N(c1ccc(CC(NC(=O)c3c(Cl)cccc3Cl)C(=O)O)cc1)C2=O. The van der Waals surface area contributed by atoms with Gasteiger partial charge < -0.3 is 15.2 Å². The molecule has 0 aromatic heterocycles. The molecule has 0 bridgehead atoms. The minimum absolute atomic E-state index is 0.0144. The Morgan fingerprint density at radius 2 is 1.61 bits per heavy atom. The van der Waals surface area contributed by atoms with Crippen molar-refractivity contribution >= 4 is 52.6 Å². The molecule has 1 heterocycles. The molecule has 0 aliphatic carbocycles. The minimum atomic E-state index is -1.27. The van der Waals surface area contributed by atoms with E-state index < -0.39 is 29.7 Å². The second-order valence-electron chi connectivity index (χ2n) is 7.89. The fourth-order valence-corrected chi connectivity index (χ4v) is 4.50. The largest absolute Gasteiger partial charge is 0.493 e. The topological polar surface area (TPSA) is 113 Å². The molecule has 4 rings (SSSR count). The van der Waals surface area contributed by atoms with Crippen molar-refractivity contribution in [3.8, 4) is 5.75 Å². The van der Waals surface area contributed by atoms with E-state index in [4.69, 9.17) is 27.9 Å². The lowest BCUT2D eigenvalue weighted by molar-refractivity contribution is -0.139. The van der Waals surface area contributed by atoms with Gasteiger partial charge in [0.2, 0.25) is 0 Å². The molecule has 1 aliphatic rings. The number of carbonyl (C=O) groups excluding carboxylic acids is 3. The van der Waals surface area contributed by atoms with Gasteiger partial charge in [0.15, 0.2) is 0 Å². The molecule has 0 saturated carbocycles. The Morgan fingerprint density at radius 3 is 2.22 bits per heavy atom. The number of nitrogens with one attached hydrogen (secondary N) is 1. The van der Waals surface area contributed by atoms with Crippen molar-refractivity contribution < 1.29 is 29.0 Å². The van der Waals surface area contributed by atoms with E-state index in [1.807, 2.05) is 0 Å². The van der Waals surface area contributed by atoms with E-state index in [1.54, 1.807) is 55.5 Å². The number of imide groups is 1. The average Bonchev–Trinajstić information content (AvgIpc) is 3.10. The van der Waals surface area contributed by atoms with Crippen LogP contribution in [0.25, 0.3) is 0 Å². The Balaban J connectivity index is 1.52. The molecular formula is C26H20Cl2N2O6. The Hall–Kier alpha value is -3.88. The van der Waals surface area contributed by atoms with E-state index in [0.717, 1.165) is 4.90 Å². The molecule has 0 fully saturated rings. The summed E-state index contributed by atoms with van der Waals surface area (Å²) in [5.41, 5.74) is 1.33. The van der Waals surface area contributed by atoms with Crippen LogP contribution in [-0.4, -0.2) is 41.4 Å². The molecule has 8 nitrogen and oxygen atoms in total. The van der Waals surface area contributed by atoms with E-state index in [0.29, 0.717) is 23.6 Å². The first-order valence-corrected chi connectivity index (χ1v) is 11.7. The second-order valence-corrected chi connectivity index (χ2v) is 8.70. The summed E-state index contributed by atoms with van der Waals surface area (Å²) in [6, 6.07) is 14.4. The fourth-order valence-electron chi connectivity index (χ4n) is 3.93. The summed E-state index contributed by atoms with van der Waals surface area (Å²) in [6.45, 7) is 2.13. The third kappa shape index (κ3) is 4.78. The number of benzene rings is 3. The van der Waals surface area contributed by atoms with Gasteiger partial charge in [0, 0.05) is 6.42 Å². The molecule has 2 N–H and O–H groups in total. The van der Waals surface area contributed by atoms with Crippen molar-refractivity contribution in [1.29, 1.82) is 0 Å². The van der Waals surface area contributed by atoms with Gasteiger partial charge in [0.05, 0.1) is 39.0 Å². The number of aliphatic carboxylic acids is 1. The van der Waals surface area contributed by atoms with Gasteiger partial charge in [0.25, 0.3) is 17.7 Å². The van der Waals surface area contributed by atoms with Crippen LogP contribution in [0.2, 0.25) is 10.0 Å². The molecule has 184 valence electrons. The third-order valence-corrected chi connectivity index (χ3v) is 6.23. The van der Waals surface area contributed by atoms with E-state index in [-0.39, 0.29) is 33.2 Å². The molecule has 1 unspecified atom stereocenters. The van der Waals surface area contributed by atoms with Crippen molar-refractivity contribution in [3.63, 3.8) is 0 Å². The Labute approximate surface area is 216 Å². The highest BCUT2D eigenvalue weighted by molar-refractivity contribution is 6.39. The van der Waals surface area contributed by atoms with Crippen LogP contribution in [0.4, 0.5) is 5.69 Å². The van der Waals surface area contributed by atoms with Gasteiger partial charge in [-0.15, -0.1) is 0 Å². The van der Waals surface area contributed by atoms with E-state index in [2.05, 4.69) is 5.32 Å². The Morgan fingerprint density at radius 1 is 0.972 bits per heavy atom. The third-order valence-electron chi connectivity index (χ3n) is 5.60. The van der Waals surface area contributed by atoms with E-state index in [9.17, 15) is 24.3 Å². The first kappa shape index (κ1) is 25.2. The zero-order valence-electron chi connectivity index (χ0n) is 19.0. The summed E-state index contributed by atoms with van der Waals surface area (Å²) in [6.07, 6.45) is -0.0555. The quantitative estimate of drug-likeness (QED) is 0.414. The maximum absolute atomic E-state index is 13.0. The van der Waals surface area contributed by atoms with E-state index >= 15 is 0 Å². The van der Waals surface area contributed by atoms with Gasteiger partial charge in [-0.25, -0.2) is 9.69 Å². The van der Waals surface area contributed by atoms with E-state index in [1.165, 1.54) is 12.1 Å². The number of amides is 3. The Kier molecular flexibility index (Phi) is 7.28. The second kappa shape index (κ2) is 10.4. The zero-order valence-corrected chi connectivity index (χ0v) is 20.5. The number of carboxylic acid groups (broad SMARTS) is 1. The maximum atomic E-state index is 13.0. The number of hydrogen-bond acceptors (Lipinski definition) is 5. The number of carboxylic acids is 1. The van der Waals surface area contributed by atoms with Crippen LogP contribution >= 0.6 is 23.2 Å². The van der Waals surface area contributed by atoms with Gasteiger partial charge in [-0.1, -0.05) is 47.5 Å². The summed E-state index contributed by atoms with van der Waals surface area (Å²) in [5, 5.41) is 12.3. The summed E-state index contributed by atoms with van der Waals surface area (Å²) >= 11 is 12.1. The van der Waals surface area contributed by atoms with Gasteiger partial charge in [-0.2, -0.15) is 0 Å². The summed E-state index contributed by atoms with van der Waals surface area (Å²) in [7, 11) is 0. The van der Waals surface area contributed by atoms with Crippen molar-refractivity contribution in [2.75, 3.05) is 11.5 Å². The number of hydrogen-bond donors (Lipinski definition) is 2. The maximum Gasteiger partial charge on any atom is 0.326 e. The van der Waals surface area contributed by atoms with Crippen LogP contribution in [-0.2, 0) is 11.2 Å². The van der Waals surface area contributed by atoms with Crippen molar-refractivity contribution in [2.24, 2.45) is 0 Å². The molecule has 0 radical (unpaired) electrons. The van der Waals surface area contributed by atoms with Crippen molar-refractivity contribution in [2.45, 2.75) is 19.4 Å².